The van der Waals surface area contributed by atoms with Gasteiger partial charge in [-0.3, -0.25) is 5.32 Å². The number of carbonyl (C=O) groups is 1. The number of nitrogens with one attached hydrogen (secondary N) is 1. The molecule has 0 saturated heterocycles. The van der Waals surface area contributed by atoms with Crippen molar-refractivity contribution in [3.63, 3.8) is 0 Å². The van der Waals surface area contributed by atoms with E-state index >= 15 is 0 Å². The second-order valence-corrected chi connectivity index (χ2v) is 9.13. The van der Waals surface area contributed by atoms with E-state index in [0.29, 0.717) is 4.48 Å². The third-order valence-electron chi connectivity index (χ3n) is 7.45. The Morgan fingerprint density at radius 2 is 1.79 bits per heavy atom. The topological polar surface area (TPSA) is 29.1 Å². The molecule has 2 aliphatic rings. The highest BCUT2D eigenvalue weighted by molar-refractivity contribution is 6.08. The summed E-state index contributed by atoms with van der Waals surface area (Å²) >= 11 is 0. The van der Waals surface area contributed by atoms with Crippen molar-refractivity contribution in [2.45, 2.75) is 63.8 Å². The molecule has 3 unspecified atom stereocenters. The van der Waals surface area contributed by atoms with E-state index in [9.17, 15) is 4.79 Å². The minimum absolute atomic E-state index is 0.0368. The van der Waals surface area contributed by atoms with E-state index in [1.807, 2.05) is 12.1 Å². The van der Waals surface area contributed by atoms with E-state index in [2.05, 4.69) is 61.8 Å². The number of aryl methyl sites for hydroxylation is 1. The van der Waals surface area contributed by atoms with Gasteiger partial charge in [0, 0.05) is 18.9 Å². The van der Waals surface area contributed by atoms with Crippen LogP contribution in [0, 0.1) is 5.92 Å². The summed E-state index contributed by atoms with van der Waals surface area (Å²) in [6.07, 6.45) is 9.72. The lowest BCUT2D eigenvalue weighted by Crippen LogP contribution is -2.64. The minimum atomic E-state index is -0.0368. The average molecular weight is 378 g/mol. The summed E-state index contributed by atoms with van der Waals surface area (Å²) in [4.78, 5) is 13.0. The lowest BCUT2D eigenvalue weighted by atomic mass is 9.86. The zero-order valence-electron chi connectivity index (χ0n) is 17.3. The summed E-state index contributed by atoms with van der Waals surface area (Å²) in [5.41, 5.74) is 3.53. The Labute approximate surface area is 169 Å². The van der Waals surface area contributed by atoms with Crippen molar-refractivity contribution in [1.82, 2.24) is 4.48 Å². The zero-order valence-corrected chi connectivity index (χ0v) is 17.3. The summed E-state index contributed by atoms with van der Waals surface area (Å²) < 4.78 is 0.403. The fourth-order valence-electron chi connectivity index (χ4n) is 5.37. The third kappa shape index (κ3) is 3.37. The molecule has 1 aliphatic carbocycles. The van der Waals surface area contributed by atoms with Crippen molar-refractivity contribution in [3.8, 4) is 0 Å². The van der Waals surface area contributed by atoms with Crippen molar-refractivity contribution in [2.24, 2.45) is 5.92 Å². The molecule has 1 N–H and O–H groups in total. The smallest absolute Gasteiger partial charge is 0.269 e. The standard InChI is InChI=1S/C25H32N2O/c1-25(27(2)23-16-7-6-15-22(23)26-24(27)28)18-9-14-21(17-19-25)13-8-12-20-10-4-3-5-11-20/h3-7,10-11,15-16,21H,8-9,12-14,17-19H2,1-2H3/p+1. The maximum atomic E-state index is 13.0. The van der Waals surface area contributed by atoms with Crippen molar-refractivity contribution >= 4 is 17.4 Å². The van der Waals surface area contributed by atoms with E-state index < -0.39 is 0 Å². The molecule has 2 aromatic carbocycles. The highest BCUT2D eigenvalue weighted by Gasteiger charge is 2.56. The van der Waals surface area contributed by atoms with Crippen LogP contribution in [0.25, 0.3) is 0 Å². The van der Waals surface area contributed by atoms with Gasteiger partial charge in [0.15, 0.2) is 5.69 Å². The van der Waals surface area contributed by atoms with Crippen LogP contribution in [0.4, 0.5) is 16.2 Å². The molecule has 0 spiro atoms. The molecule has 1 fully saturated rings. The van der Waals surface area contributed by atoms with Crippen LogP contribution in [0.5, 0.6) is 0 Å². The summed E-state index contributed by atoms with van der Waals surface area (Å²) in [5.74, 6) is 0.790. The third-order valence-corrected chi connectivity index (χ3v) is 7.45. The van der Waals surface area contributed by atoms with Crippen LogP contribution in [-0.2, 0) is 6.42 Å². The Morgan fingerprint density at radius 3 is 2.61 bits per heavy atom. The van der Waals surface area contributed by atoms with Gasteiger partial charge in [-0.05, 0) is 50.2 Å². The van der Waals surface area contributed by atoms with Crippen LogP contribution in [0.2, 0.25) is 0 Å². The van der Waals surface area contributed by atoms with Crippen LogP contribution in [0.3, 0.4) is 0 Å². The number of anilines is 1. The molecule has 3 heteroatoms. The Hall–Kier alpha value is -2.13. The molecule has 4 rings (SSSR count). The zero-order chi connectivity index (χ0) is 19.6. The van der Waals surface area contributed by atoms with Crippen LogP contribution in [0.1, 0.15) is 57.4 Å². The molecule has 0 aromatic heterocycles. The Bertz CT molecular complexity index is 833. The number of amides is 2. The van der Waals surface area contributed by atoms with Gasteiger partial charge in [-0.2, -0.15) is 0 Å². The summed E-state index contributed by atoms with van der Waals surface area (Å²) in [6.45, 7) is 2.33. The lowest BCUT2D eigenvalue weighted by molar-refractivity contribution is 0.148. The number of hydrogen-bond donors (Lipinski definition) is 1. The van der Waals surface area contributed by atoms with Crippen molar-refractivity contribution in [3.05, 3.63) is 60.2 Å². The van der Waals surface area contributed by atoms with E-state index in [0.717, 1.165) is 30.1 Å². The van der Waals surface area contributed by atoms with Crippen LogP contribution >= 0.6 is 0 Å². The van der Waals surface area contributed by atoms with Gasteiger partial charge in [0.1, 0.15) is 11.2 Å². The van der Waals surface area contributed by atoms with Crippen molar-refractivity contribution in [2.75, 3.05) is 12.4 Å². The lowest BCUT2D eigenvalue weighted by Gasteiger charge is -2.43. The number of para-hydroxylation sites is 2. The summed E-state index contributed by atoms with van der Waals surface area (Å²) in [5, 5.41) is 3.13. The van der Waals surface area contributed by atoms with E-state index in [-0.39, 0.29) is 11.6 Å². The monoisotopic (exact) mass is 377 g/mol. The van der Waals surface area contributed by atoms with Gasteiger partial charge in [-0.15, -0.1) is 0 Å². The van der Waals surface area contributed by atoms with Gasteiger partial charge in [0.25, 0.3) is 0 Å². The number of carbonyl (C=O) groups excluding carboxylic acids is 1. The molecule has 0 bridgehead atoms. The molecule has 1 aliphatic heterocycles. The van der Waals surface area contributed by atoms with Gasteiger partial charge >= 0.3 is 6.03 Å². The number of benzene rings is 2. The minimum Gasteiger partial charge on any atom is -0.269 e. The van der Waals surface area contributed by atoms with Gasteiger partial charge in [0.2, 0.25) is 0 Å². The average Bonchev–Trinajstić information content (AvgIpc) is 2.85. The molecule has 28 heavy (non-hydrogen) atoms. The van der Waals surface area contributed by atoms with Gasteiger partial charge in [-0.25, -0.2) is 9.28 Å². The SMILES string of the molecule is CC1([N+]2(C)C(=O)Nc3ccccc32)CCCC(CCCc2ccccc2)CC1. The Morgan fingerprint density at radius 1 is 1.04 bits per heavy atom. The molecule has 148 valence electrons. The highest BCUT2D eigenvalue weighted by Crippen LogP contribution is 2.48. The highest BCUT2D eigenvalue weighted by atomic mass is 16.2. The first-order valence-electron chi connectivity index (χ1n) is 10.8. The van der Waals surface area contributed by atoms with E-state index in [1.54, 1.807) is 0 Å². The molecule has 3 atom stereocenters. The molecule has 2 amide bonds. The number of rotatable bonds is 5. The molecular formula is C25H33N2O+. The van der Waals surface area contributed by atoms with Gasteiger partial charge < -0.3 is 0 Å². The molecular weight excluding hydrogens is 344 g/mol. The second-order valence-electron chi connectivity index (χ2n) is 9.13. The summed E-state index contributed by atoms with van der Waals surface area (Å²) in [7, 11) is 2.12. The van der Waals surface area contributed by atoms with Crippen LogP contribution in [0.15, 0.2) is 54.6 Å². The molecule has 1 saturated carbocycles. The van der Waals surface area contributed by atoms with Crippen LogP contribution < -0.4 is 9.80 Å². The number of nitrogens with zero attached hydrogens (tertiary/aromatic N) is 1. The fraction of sp³-hybridized carbons (Fsp3) is 0.480. The predicted molar refractivity (Wildman–Crippen MR) is 118 cm³/mol. The van der Waals surface area contributed by atoms with Gasteiger partial charge in [0.05, 0.1) is 7.05 Å². The van der Waals surface area contributed by atoms with E-state index in [4.69, 9.17) is 0 Å². The number of urea groups is 1. The molecule has 3 nitrogen and oxygen atoms in total. The van der Waals surface area contributed by atoms with Crippen LogP contribution in [-0.4, -0.2) is 18.6 Å². The number of quaternary nitrogens is 1. The van der Waals surface area contributed by atoms with Crippen molar-refractivity contribution < 1.29 is 4.79 Å². The first kappa shape index (κ1) is 19.2. The molecule has 1 heterocycles. The maximum Gasteiger partial charge on any atom is 0.426 e. The normalized spacial score (nSPS) is 29.8. The number of fused-ring (bicyclic) bond motifs is 1. The Kier molecular flexibility index (Phi) is 5.29. The Balaban J connectivity index is 1.42. The van der Waals surface area contributed by atoms with Gasteiger partial charge in [-0.1, -0.05) is 55.3 Å². The quantitative estimate of drug-likeness (QED) is 0.466. The van der Waals surface area contributed by atoms with E-state index in [1.165, 1.54) is 44.1 Å². The maximum absolute atomic E-state index is 13.0. The predicted octanol–water partition coefficient (Wildman–Crippen LogP) is 6.53. The second kappa shape index (κ2) is 7.71. The largest absolute Gasteiger partial charge is 0.426 e. The first-order valence-corrected chi connectivity index (χ1v) is 10.8. The molecule has 0 radical (unpaired) electrons. The summed E-state index contributed by atoms with van der Waals surface area (Å²) in [6, 6.07) is 19.2. The first-order chi connectivity index (χ1) is 13.5. The van der Waals surface area contributed by atoms with Crippen molar-refractivity contribution in [1.29, 1.82) is 0 Å². The fourth-order valence-corrected chi connectivity index (χ4v) is 5.37. The molecule has 2 aromatic rings. The number of hydrogen-bond acceptors (Lipinski definition) is 1.